The van der Waals surface area contributed by atoms with Gasteiger partial charge in [0.1, 0.15) is 16.8 Å². The Morgan fingerprint density at radius 3 is 2.83 bits per heavy atom. The van der Waals surface area contributed by atoms with Crippen molar-refractivity contribution in [2.45, 2.75) is 6.92 Å². The zero-order valence-electron chi connectivity index (χ0n) is 12.8. The molecule has 8 heteroatoms. The van der Waals surface area contributed by atoms with Gasteiger partial charge in [0.25, 0.3) is 5.91 Å². The number of hydrogen-bond acceptors (Lipinski definition) is 6. The molecule has 0 aliphatic heterocycles. The van der Waals surface area contributed by atoms with E-state index in [1.54, 1.807) is 18.2 Å². The summed E-state index contributed by atoms with van der Waals surface area (Å²) < 4.78 is 13.8. The van der Waals surface area contributed by atoms with Crippen LogP contribution in [0.4, 0.5) is 5.69 Å². The van der Waals surface area contributed by atoms with Gasteiger partial charge in [0, 0.05) is 5.56 Å². The third kappa shape index (κ3) is 3.66. The molecule has 24 heavy (non-hydrogen) atoms. The fourth-order valence-electron chi connectivity index (χ4n) is 2.10. The van der Waals surface area contributed by atoms with Gasteiger partial charge in [0.15, 0.2) is 5.11 Å². The number of anilines is 1. The van der Waals surface area contributed by atoms with E-state index in [0.29, 0.717) is 29.1 Å². The van der Waals surface area contributed by atoms with Crippen LogP contribution in [-0.2, 0) is 0 Å². The van der Waals surface area contributed by atoms with Gasteiger partial charge in [-0.15, -0.1) is 0 Å². The van der Waals surface area contributed by atoms with Gasteiger partial charge >= 0.3 is 0 Å². The normalized spacial score (nSPS) is 10.4. The molecule has 122 valence electrons. The van der Waals surface area contributed by atoms with Crippen LogP contribution in [0.3, 0.4) is 0 Å². The maximum atomic E-state index is 12.3. The maximum Gasteiger partial charge on any atom is 0.257 e. The standard InChI is InChI=1S/C16H14N4O2S2/c1-2-22-14-6-4-3-5-12(14)17-16(23)18-15(21)10-7-8-11-13(9-10)20-24-19-11/h3-9H,2H2,1H3,(H2,17,18,21,23). The largest absolute Gasteiger partial charge is 0.492 e. The number of rotatable bonds is 4. The molecule has 0 bridgehead atoms. The molecule has 1 aromatic heterocycles. The Morgan fingerprint density at radius 1 is 1.21 bits per heavy atom. The first kappa shape index (κ1) is 16.3. The van der Waals surface area contributed by atoms with Crippen molar-refractivity contribution >= 4 is 51.7 Å². The van der Waals surface area contributed by atoms with Crippen LogP contribution < -0.4 is 15.4 Å². The van der Waals surface area contributed by atoms with Gasteiger partial charge < -0.3 is 10.1 Å². The van der Waals surface area contributed by atoms with E-state index < -0.39 is 0 Å². The highest BCUT2D eigenvalue weighted by molar-refractivity contribution is 7.80. The van der Waals surface area contributed by atoms with Gasteiger partial charge in [-0.1, -0.05) is 12.1 Å². The fourth-order valence-corrected chi connectivity index (χ4v) is 2.82. The summed E-state index contributed by atoms with van der Waals surface area (Å²) >= 11 is 6.32. The van der Waals surface area contributed by atoms with E-state index in [0.717, 1.165) is 17.2 Å². The molecule has 0 atom stereocenters. The number of carbonyl (C=O) groups excluding carboxylic acids is 1. The summed E-state index contributed by atoms with van der Waals surface area (Å²) in [7, 11) is 0. The van der Waals surface area contributed by atoms with Crippen molar-refractivity contribution in [2.75, 3.05) is 11.9 Å². The van der Waals surface area contributed by atoms with E-state index in [4.69, 9.17) is 17.0 Å². The minimum Gasteiger partial charge on any atom is -0.492 e. The molecule has 2 N–H and O–H groups in total. The number of carbonyl (C=O) groups is 1. The molecule has 0 aliphatic carbocycles. The summed E-state index contributed by atoms with van der Waals surface area (Å²) in [5.41, 5.74) is 2.62. The Balaban J connectivity index is 1.69. The highest BCUT2D eigenvalue weighted by Crippen LogP contribution is 2.23. The highest BCUT2D eigenvalue weighted by Gasteiger charge is 2.11. The molecule has 0 spiro atoms. The van der Waals surface area contributed by atoms with Crippen LogP contribution in [0.25, 0.3) is 11.0 Å². The number of nitrogens with one attached hydrogen (secondary N) is 2. The third-order valence-electron chi connectivity index (χ3n) is 3.18. The predicted octanol–water partition coefficient (Wildman–Crippen LogP) is 3.22. The highest BCUT2D eigenvalue weighted by atomic mass is 32.1. The SMILES string of the molecule is CCOc1ccccc1NC(=S)NC(=O)c1ccc2nsnc2c1. The molecule has 0 unspecified atom stereocenters. The monoisotopic (exact) mass is 358 g/mol. The van der Waals surface area contributed by atoms with E-state index in [1.807, 2.05) is 31.2 Å². The molecule has 3 rings (SSSR count). The van der Waals surface area contributed by atoms with Crippen LogP contribution in [0.2, 0.25) is 0 Å². The number of fused-ring (bicyclic) bond motifs is 1. The Kier molecular flexibility index (Phi) is 4.97. The van der Waals surface area contributed by atoms with E-state index in [9.17, 15) is 4.79 Å². The van der Waals surface area contributed by atoms with E-state index >= 15 is 0 Å². The first-order valence-electron chi connectivity index (χ1n) is 7.24. The van der Waals surface area contributed by atoms with Crippen molar-refractivity contribution in [3.05, 3.63) is 48.0 Å². The number of amides is 1. The first-order chi connectivity index (χ1) is 11.7. The van der Waals surface area contributed by atoms with Gasteiger partial charge in [0.2, 0.25) is 0 Å². The van der Waals surface area contributed by atoms with Gasteiger partial charge in [0.05, 0.1) is 24.0 Å². The summed E-state index contributed by atoms with van der Waals surface area (Å²) in [5, 5.41) is 5.83. The Labute approximate surface area is 148 Å². The summed E-state index contributed by atoms with van der Waals surface area (Å²) in [6, 6.07) is 12.5. The number of para-hydroxylation sites is 2. The van der Waals surface area contributed by atoms with Crippen molar-refractivity contribution in [3.8, 4) is 5.75 Å². The molecule has 2 aromatic carbocycles. The quantitative estimate of drug-likeness (QED) is 0.698. The van der Waals surface area contributed by atoms with Crippen LogP contribution >= 0.6 is 23.9 Å². The predicted molar refractivity (Wildman–Crippen MR) is 98.7 cm³/mol. The van der Waals surface area contributed by atoms with E-state index in [1.165, 1.54) is 0 Å². The first-order valence-corrected chi connectivity index (χ1v) is 8.37. The number of thiocarbonyl (C=S) groups is 1. The second kappa shape index (κ2) is 7.33. The second-order valence-corrected chi connectivity index (χ2v) is 5.74. The Morgan fingerprint density at radius 2 is 2.00 bits per heavy atom. The Hall–Kier alpha value is -2.58. The van der Waals surface area contributed by atoms with E-state index in [2.05, 4.69) is 19.4 Å². The average molecular weight is 358 g/mol. The lowest BCUT2D eigenvalue weighted by molar-refractivity contribution is 0.0978. The molecule has 3 aromatic rings. The van der Waals surface area contributed by atoms with Gasteiger partial charge in [-0.25, -0.2) is 0 Å². The number of ether oxygens (including phenoxy) is 1. The number of aromatic nitrogens is 2. The van der Waals surface area contributed by atoms with Crippen LogP contribution in [0.1, 0.15) is 17.3 Å². The van der Waals surface area contributed by atoms with Crippen molar-refractivity contribution in [1.82, 2.24) is 14.1 Å². The average Bonchev–Trinajstić information content (AvgIpc) is 3.04. The van der Waals surface area contributed by atoms with Crippen LogP contribution in [-0.4, -0.2) is 26.4 Å². The smallest absolute Gasteiger partial charge is 0.257 e. The molecule has 1 heterocycles. The number of benzene rings is 2. The summed E-state index contributed by atoms with van der Waals surface area (Å²) in [6.07, 6.45) is 0. The molecule has 0 radical (unpaired) electrons. The molecule has 6 nitrogen and oxygen atoms in total. The van der Waals surface area contributed by atoms with Gasteiger partial charge in [-0.3, -0.25) is 10.1 Å². The van der Waals surface area contributed by atoms with Crippen molar-refractivity contribution in [1.29, 1.82) is 0 Å². The number of hydrogen-bond donors (Lipinski definition) is 2. The molecule has 0 saturated carbocycles. The van der Waals surface area contributed by atoms with Gasteiger partial charge in [-0.05, 0) is 49.5 Å². The minimum atomic E-state index is -0.309. The summed E-state index contributed by atoms with van der Waals surface area (Å²) in [6.45, 7) is 2.44. The molecular weight excluding hydrogens is 344 g/mol. The summed E-state index contributed by atoms with van der Waals surface area (Å²) in [4.78, 5) is 12.3. The molecular formula is C16H14N4O2S2. The number of nitrogens with zero attached hydrogens (tertiary/aromatic N) is 2. The van der Waals surface area contributed by atoms with Crippen molar-refractivity contribution in [2.24, 2.45) is 0 Å². The topological polar surface area (TPSA) is 76.1 Å². The summed E-state index contributed by atoms with van der Waals surface area (Å²) in [5.74, 6) is 0.364. The lowest BCUT2D eigenvalue weighted by Gasteiger charge is -2.13. The fraction of sp³-hybridized carbons (Fsp3) is 0.125. The van der Waals surface area contributed by atoms with Crippen molar-refractivity contribution in [3.63, 3.8) is 0 Å². The van der Waals surface area contributed by atoms with Crippen LogP contribution in [0, 0.1) is 0 Å². The maximum absolute atomic E-state index is 12.3. The zero-order valence-corrected chi connectivity index (χ0v) is 14.4. The zero-order chi connectivity index (χ0) is 16.9. The van der Waals surface area contributed by atoms with Gasteiger partial charge in [-0.2, -0.15) is 8.75 Å². The Bertz CT molecular complexity index is 894. The van der Waals surface area contributed by atoms with E-state index in [-0.39, 0.29) is 11.0 Å². The molecule has 0 aliphatic rings. The minimum absolute atomic E-state index is 0.198. The second-order valence-electron chi connectivity index (χ2n) is 4.81. The molecule has 0 fully saturated rings. The third-order valence-corrected chi connectivity index (χ3v) is 3.94. The lowest BCUT2D eigenvalue weighted by Crippen LogP contribution is -2.34. The van der Waals surface area contributed by atoms with Crippen LogP contribution in [0.15, 0.2) is 42.5 Å². The van der Waals surface area contributed by atoms with Crippen molar-refractivity contribution < 1.29 is 9.53 Å². The van der Waals surface area contributed by atoms with Crippen LogP contribution in [0.5, 0.6) is 5.75 Å². The lowest BCUT2D eigenvalue weighted by atomic mass is 10.2. The molecule has 1 amide bonds. The molecule has 0 saturated heterocycles.